The average Bonchev–Trinajstić information content (AvgIpc) is 2.64. The van der Waals surface area contributed by atoms with Crippen molar-refractivity contribution in [2.45, 2.75) is 6.92 Å². The largest absolute Gasteiger partial charge is 0.288 e. The molecule has 1 heterocycles. The van der Waals surface area contributed by atoms with E-state index in [0.717, 1.165) is 11.3 Å². The van der Waals surface area contributed by atoms with Gasteiger partial charge in [-0.1, -0.05) is 11.6 Å². The topological polar surface area (TPSA) is 17.1 Å². The van der Waals surface area contributed by atoms with Crippen LogP contribution >= 0.6 is 22.9 Å². The molecule has 1 aromatic heterocycles. The molecule has 0 saturated carbocycles. The maximum Gasteiger partial charge on any atom is 0.207 e. The van der Waals surface area contributed by atoms with Crippen LogP contribution in [0.25, 0.3) is 0 Å². The minimum absolute atomic E-state index is 0.110. The highest BCUT2D eigenvalue weighted by Crippen LogP contribution is 2.30. The molecule has 0 spiro atoms. The molecule has 18 heavy (non-hydrogen) atoms. The number of carbonyl (C=O) groups is 1. The van der Waals surface area contributed by atoms with Gasteiger partial charge in [0.25, 0.3) is 0 Å². The Bertz CT molecular complexity index is 636. The molecule has 6 heteroatoms. The van der Waals surface area contributed by atoms with E-state index in [4.69, 9.17) is 11.6 Å². The van der Waals surface area contributed by atoms with Crippen molar-refractivity contribution < 1.29 is 18.0 Å². The van der Waals surface area contributed by atoms with E-state index in [-0.39, 0.29) is 9.90 Å². The summed E-state index contributed by atoms with van der Waals surface area (Å²) in [5.74, 6) is -4.47. The summed E-state index contributed by atoms with van der Waals surface area (Å²) in [5.41, 5.74) is 0.144. The van der Waals surface area contributed by atoms with Crippen LogP contribution in [0, 0.1) is 24.4 Å². The molecule has 0 bridgehead atoms. The first-order chi connectivity index (χ1) is 8.41. The highest BCUT2D eigenvalue weighted by atomic mass is 35.5. The lowest BCUT2D eigenvalue weighted by Crippen LogP contribution is -2.05. The van der Waals surface area contributed by atoms with Gasteiger partial charge in [-0.15, -0.1) is 11.3 Å². The van der Waals surface area contributed by atoms with Crippen LogP contribution in [0.4, 0.5) is 13.2 Å². The summed E-state index contributed by atoms with van der Waals surface area (Å²) in [5, 5.41) is 1.84. The fourth-order valence-corrected chi connectivity index (χ4v) is 2.63. The number of hydrogen-bond donors (Lipinski definition) is 0. The summed E-state index contributed by atoms with van der Waals surface area (Å²) in [7, 11) is 0. The van der Waals surface area contributed by atoms with E-state index >= 15 is 0 Å². The predicted octanol–water partition coefficient (Wildman–Crippen LogP) is 4.36. The number of benzene rings is 1. The molecule has 0 unspecified atom stereocenters. The number of thiophene rings is 1. The zero-order valence-corrected chi connectivity index (χ0v) is 10.6. The molecule has 0 aliphatic rings. The number of aryl methyl sites for hydroxylation is 1. The van der Waals surface area contributed by atoms with Crippen LogP contribution < -0.4 is 0 Å². The van der Waals surface area contributed by atoms with Crippen molar-refractivity contribution in [3.05, 3.63) is 56.0 Å². The second-order valence-corrected chi connectivity index (χ2v) is 4.89. The lowest BCUT2D eigenvalue weighted by atomic mass is 10.1. The first-order valence-corrected chi connectivity index (χ1v) is 6.10. The van der Waals surface area contributed by atoms with E-state index in [2.05, 4.69) is 0 Å². The highest BCUT2D eigenvalue weighted by molar-refractivity contribution is 7.13. The van der Waals surface area contributed by atoms with Crippen LogP contribution in [-0.4, -0.2) is 5.78 Å². The van der Waals surface area contributed by atoms with Crippen molar-refractivity contribution in [1.82, 2.24) is 0 Å². The van der Waals surface area contributed by atoms with E-state index in [9.17, 15) is 18.0 Å². The molecule has 0 N–H and O–H groups in total. The second-order valence-electron chi connectivity index (χ2n) is 3.64. The Labute approximate surface area is 110 Å². The Morgan fingerprint density at radius 2 is 1.78 bits per heavy atom. The Kier molecular flexibility index (Phi) is 3.45. The molecule has 94 valence electrons. The lowest BCUT2D eigenvalue weighted by molar-refractivity contribution is 0.103. The summed E-state index contributed by atoms with van der Waals surface area (Å²) < 4.78 is 39.2. The quantitative estimate of drug-likeness (QED) is 0.593. The average molecular weight is 291 g/mol. The maximum absolute atomic E-state index is 13.4. The van der Waals surface area contributed by atoms with Gasteiger partial charge in [0.1, 0.15) is 5.82 Å². The van der Waals surface area contributed by atoms with Crippen LogP contribution in [0.2, 0.25) is 5.02 Å². The van der Waals surface area contributed by atoms with Crippen molar-refractivity contribution in [2.24, 2.45) is 0 Å². The van der Waals surface area contributed by atoms with Crippen molar-refractivity contribution in [1.29, 1.82) is 0 Å². The number of carbonyl (C=O) groups excluding carboxylic acids is 1. The minimum atomic E-state index is -1.34. The number of halogens is 4. The van der Waals surface area contributed by atoms with Gasteiger partial charge in [-0.05, 0) is 23.9 Å². The summed E-state index contributed by atoms with van der Waals surface area (Å²) in [6, 6.07) is 0.884. The fourth-order valence-electron chi connectivity index (χ4n) is 1.40. The molecular formula is C12H6ClF3OS. The van der Waals surface area contributed by atoms with E-state index in [1.54, 1.807) is 12.3 Å². The zero-order valence-electron chi connectivity index (χ0n) is 9.06. The Morgan fingerprint density at radius 1 is 1.17 bits per heavy atom. The van der Waals surface area contributed by atoms with Gasteiger partial charge in [-0.3, -0.25) is 4.79 Å². The molecule has 0 fully saturated rings. The van der Waals surface area contributed by atoms with Gasteiger partial charge in [-0.2, -0.15) is 0 Å². The van der Waals surface area contributed by atoms with E-state index in [0.29, 0.717) is 17.7 Å². The molecule has 0 aliphatic heterocycles. The van der Waals surface area contributed by atoms with Gasteiger partial charge in [0, 0.05) is 6.07 Å². The van der Waals surface area contributed by atoms with Crippen molar-refractivity contribution >= 4 is 28.7 Å². The summed E-state index contributed by atoms with van der Waals surface area (Å²) in [4.78, 5) is 12.1. The smallest absolute Gasteiger partial charge is 0.207 e. The summed E-state index contributed by atoms with van der Waals surface area (Å²) in [6.07, 6.45) is 0. The Balaban J connectivity index is 2.53. The van der Waals surface area contributed by atoms with Gasteiger partial charge in [-0.25, -0.2) is 13.2 Å². The zero-order chi connectivity index (χ0) is 13.4. The van der Waals surface area contributed by atoms with E-state index in [1.807, 2.05) is 0 Å². The third-order valence-corrected chi connectivity index (χ3v) is 4.06. The molecule has 1 nitrogen and oxygen atoms in total. The van der Waals surface area contributed by atoms with Gasteiger partial charge < -0.3 is 0 Å². The van der Waals surface area contributed by atoms with Crippen molar-refractivity contribution in [3.63, 3.8) is 0 Å². The molecule has 0 amide bonds. The Morgan fingerprint density at radius 3 is 2.33 bits per heavy atom. The first-order valence-electron chi connectivity index (χ1n) is 4.84. The third kappa shape index (κ3) is 2.15. The first kappa shape index (κ1) is 13.1. The Hall–Kier alpha value is -1.33. The standard InChI is InChI=1S/C12H6ClF3OS/c1-5-4-18-12(10(5)13)11(17)6-2-8(15)9(16)3-7(6)14/h2-4H,1H3. The summed E-state index contributed by atoms with van der Waals surface area (Å²) >= 11 is 6.91. The van der Waals surface area contributed by atoms with Crippen LogP contribution in [-0.2, 0) is 0 Å². The predicted molar refractivity (Wildman–Crippen MR) is 63.8 cm³/mol. The molecular weight excluding hydrogens is 285 g/mol. The molecule has 0 saturated heterocycles. The number of rotatable bonds is 2. The minimum Gasteiger partial charge on any atom is -0.288 e. The fraction of sp³-hybridized carbons (Fsp3) is 0.0833. The van der Waals surface area contributed by atoms with Crippen molar-refractivity contribution in [3.8, 4) is 0 Å². The van der Waals surface area contributed by atoms with Gasteiger partial charge >= 0.3 is 0 Å². The van der Waals surface area contributed by atoms with Gasteiger partial charge in [0.05, 0.1) is 15.5 Å². The van der Waals surface area contributed by atoms with Gasteiger partial charge in [0.15, 0.2) is 11.6 Å². The number of ketones is 1. The molecule has 2 rings (SSSR count). The number of hydrogen-bond acceptors (Lipinski definition) is 2. The van der Waals surface area contributed by atoms with Crippen LogP contribution in [0.3, 0.4) is 0 Å². The van der Waals surface area contributed by atoms with Gasteiger partial charge in [0.2, 0.25) is 5.78 Å². The summed E-state index contributed by atoms with van der Waals surface area (Å²) in [6.45, 7) is 1.69. The van der Waals surface area contributed by atoms with Crippen LogP contribution in [0.15, 0.2) is 17.5 Å². The second kappa shape index (κ2) is 4.74. The monoisotopic (exact) mass is 290 g/mol. The van der Waals surface area contributed by atoms with E-state index in [1.165, 1.54) is 0 Å². The molecule has 2 aromatic rings. The third-order valence-electron chi connectivity index (χ3n) is 2.36. The maximum atomic E-state index is 13.4. The highest BCUT2D eigenvalue weighted by Gasteiger charge is 2.21. The normalized spacial score (nSPS) is 10.7. The van der Waals surface area contributed by atoms with Crippen LogP contribution in [0.5, 0.6) is 0 Å². The molecule has 1 aromatic carbocycles. The van der Waals surface area contributed by atoms with E-state index < -0.39 is 28.8 Å². The van der Waals surface area contributed by atoms with Crippen molar-refractivity contribution in [2.75, 3.05) is 0 Å². The lowest BCUT2D eigenvalue weighted by Gasteiger charge is -2.02. The SMILES string of the molecule is Cc1csc(C(=O)c2cc(F)c(F)cc2F)c1Cl. The molecule has 0 aliphatic carbocycles. The molecule has 0 atom stereocenters. The molecule has 0 radical (unpaired) electrons. The van der Waals surface area contributed by atoms with Crippen LogP contribution in [0.1, 0.15) is 20.8 Å².